The SMILES string of the molecule is CC(C)(C)c1nc(N2CC[C@@](C)(O)C2)c2nn(Cc3nnnn3C3CC3)nc2n1. The number of hydrogen-bond acceptors (Lipinski definition) is 9. The van der Waals surface area contributed by atoms with Crippen molar-refractivity contribution in [2.75, 3.05) is 18.0 Å². The summed E-state index contributed by atoms with van der Waals surface area (Å²) in [6, 6.07) is 0.389. The van der Waals surface area contributed by atoms with Crippen LogP contribution in [0.3, 0.4) is 0 Å². The van der Waals surface area contributed by atoms with Crippen LogP contribution in [-0.4, -0.2) is 69.0 Å². The summed E-state index contributed by atoms with van der Waals surface area (Å²) in [6.45, 7) is 9.68. The Morgan fingerprint density at radius 2 is 1.97 bits per heavy atom. The molecule has 1 aliphatic heterocycles. The van der Waals surface area contributed by atoms with Crippen molar-refractivity contribution < 1.29 is 5.11 Å². The number of aliphatic hydroxyl groups is 1. The summed E-state index contributed by atoms with van der Waals surface area (Å²) in [5.74, 6) is 2.18. The van der Waals surface area contributed by atoms with E-state index >= 15 is 0 Å². The second-order valence-electron chi connectivity index (χ2n) is 9.46. The summed E-state index contributed by atoms with van der Waals surface area (Å²) < 4.78 is 1.86. The second kappa shape index (κ2) is 6.15. The molecule has 11 nitrogen and oxygen atoms in total. The zero-order chi connectivity index (χ0) is 20.4. The van der Waals surface area contributed by atoms with E-state index in [0.717, 1.165) is 31.0 Å². The largest absolute Gasteiger partial charge is 0.388 e. The average Bonchev–Trinajstić information content (AvgIpc) is 3.06. The Labute approximate surface area is 168 Å². The molecule has 1 saturated heterocycles. The molecule has 0 amide bonds. The fourth-order valence-electron chi connectivity index (χ4n) is 3.64. The van der Waals surface area contributed by atoms with E-state index in [4.69, 9.17) is 4.98 Å². The van der Waals surface area contributed by atoms with Crippen molar-refractivity contribution in [3.8, 4) is 0 Å². The molecule has 3 aromatic heterocycles. The highest BCUT2D eigenvalue weighted by molar-refractivity contribution is 5.82. The van der Waals surface area contributed by atoms with E-state index in [9.17, 15) is 5.11 Å². The van der Waals surface area contributed by atoms with Gasteiger partial charge in [0.2, 0.25) is 5.65 Å². The molecular weight excluding hydrogens is 372 g/mol. The number of aromatic nitrogens is 9. The van der Waals surface area contributed by atoms with Crippen LogP contribution >= 0.6 is 0 Å². The van der Waals surface area contributed by atoms with E-state index in [0.29, 0.717) is 42.5 Å². The smallest absolute Gasteiger partial charge is 0.207 e. The molecule has 0 spiro atoms. The quantitative estimate of drug-likeness (QED) is 0.681. The maximum Gasteiger partial charge on any atom is 0.207 e. The first-order chi connectivity index (χ1) is 13.7. The van der Waals surface area contributed by atoms with Crippen LogP contribution in [-0.2, 0) is 12.0 Å². The Hall–Kier alpha value is -2.69. The summed E-state index contributed by atoms with van der Waals surface area (Å²) in [4.78, 5) is 13.2. The van der Waals surface area contributed by atoms with Crippen LogP contribution in [0.15, 0.2) is 0 Å². The van der Waals surface area contributed by atoms with Crippen LogP contribution < -0.4 is 4.90 Å². The van der Waals surface area contributed by atoms with E-state index in [-0.39, 0.29) is 5.41 Å². The van der Waals surface area contributed by atoms with Crippen molar-refractivity contribution in [3.63, 3.8) is 0 Å². The van der Waals surface area contributed by atoms with Crippen LogP contribution in [0, 0.1) is 0 Å². The van der Waals surface area contributed by atoms with E-state index < -0.39 is 5.60 Å². The Bertz CT molecular complexity index is 1060. The Morgan fingerprint density at radius 1 is 1.17 bits per heavy atom. The molecule has 5 rings (SSSR count). The third-order valence-corrected chi connectivity index (χ3v) is 5.43. The van der Waals surface area contributed by atoms with Crippen LogP contribution in [0.4, 0.5) is 5.82 Å². The molecule has 2 fully saturated rings. The van der Waals surface area contributed by atoms with Gasteiger partial charge in [0.25, 0.3) is 0 Å². The van der Waals surface area contributed by atoms with Crippen LogP contribution in [0.25, 0.3) is 11.2 Å². The second-order valence-corrected chi connectivity index (χ2v) is 9.46. The van der Waals surface area contributed by atoms with E-state index in [2.05, 4.69) is 56.4 Å². The summed E-state index contributed by atoms with van der Waals surface area (Å²) in [7, 11) is 0. The lowest BCUT2D eigenvalue weighted by Crippen LogP contribution is -2.31. The first kappa shape index (κ1) is 18.3. The normalized spacial score (nSPS) is 22.7. The van der Waals surface area contributed by atoms with Gasteiger partial charge >= 0.3 is 0 Å². The lowest BCUT2D eigenvalue weighted by Gasteiger charge is -2.22. The molecular formula is C18H26N10O. The van der Waals surface area contributed by atoms with Crippen molar-refractivity contribution in [2.45, 2.75) is 70.6 Å². The lowest BCUT2D eigenvalue weighted by molar-refractivity contribution is 0.0839. The minimum absolute atomic E-state index is 0.231. The van der Waals surface area contributed by atoms with E-state index in [1.54, 1.807) is 4.80 Å². The highest BCUT2D eigenvalue weighted by atomic mass is 16.3. The molecule has 0 bridgehead atoms. The minimum atomic E-state index is -0.735. The highest BCUT2D eigenvalue weighted by Gasteiger charge is 2.35. The van der Waals surface area contributed by atoms with E-state index in [1.165, 1.54) is 0 Å². The minimum Gasteiger partial charge on any atom is -0.388 e. The molecule has 1 saturated carbocycles. The van der Waals surface area contributed by atoms with Crippen LogP contribution in [0.5, 0.6) is 0 Å². The summed E-state index contributed by atoms with van der Waals surface area (Å²) in [6.07, 6.45) is 2.89. The van der Waals surface area contributed by atoms with Crippen molar-refractivity contribution in [1.82, 2.24) is 45.2 Å². The van der Waals surface area contributed by atoms with Crippen molar-refractivity contribution in [3.05, 3.63) is 11.6 Å². The zero-order valence-corrected chi connectivity index (χ0v) is 17.2. The lowest BCUT2D eigenvalue weighted by atomic mass is 9.96. The molecule has 0 aromatic carbocycles. The van der Waals surface area contributed by atoms with Crippen molar-refractivity contribution in [2.24, 2.45) is 0 Å². The highest BCUT2D eigenvalue weighted by Crippen LogP contribution is 2.35. The maximum atomic E-state index is 10.4. The molecule has 4 heterocycles. The van der Waals surface area contributed by atoms with Crippen molar-refractivity contribution in [1.29, 1.82) is 0 Å². The number of rotatable bonds is 4. The van der Waals surface area contributed by atoms with Gasteiger partial charge in [-0.1, -0.05) is 20.8 Å². The summed E-state index contributed by atoms with van der Waals surface area (Å²) in [5.41, 5.74) is 0.227. The molecule has 0 unspecified atom stereocenters. The van der Waals surface area contributed by atoms with Gasteiger partial charge in [-0.15, -0.1) is 15.3 Å². The predicted octanol–water partition coefficient (Wildman–Crippen LogP) is 0.850. The monoisotopic (exact) mass is 398 g/mol. The maximum absolute atomic E-state index is 10.4. The van der Waals surface area contributed by atoms with E-state index in [1.807, 2.05) is 11.6 Å². The summed E-state index contributed by atoms with van der Waals surface area (Å²) >= 11 is 0. The number of fused-ring (bicyclic) bond motifs is 1. The standard InChI is InChI=1S/C18H26N10O/c1-17(2,3)16-19-14-13(15(20-16)26-8-7-18(4,29)10-26)22-27(23-14)9-12-21-24-25-28(12)11-5-6-11/h11,29H,5-10H2,1-4H3/t18-/m1/s1. The average molecular weight is 398 g/mol. The third kappa shape index (κ3) is 3.43. The van der Waals surface area contributed by atoms with Gasteiger partial charge in [-0.3, -0.25) is 0 Å². The van der Waals surface area contributed by atoms with Gasteiger partial charge in [-0.25, -0.2) is 14.6 Å². The number of β-amino-alcohol motifs (C(OH)–C–C–N with tert-alkyl or cyclic N) is 1. The Morgan fingerprint density at radius 3 is 2.62 bits per heavy atom. The molecule has 11 heteroatoms. The van der Waals surface area contributed by atoms with Crippen LogP contribution in [0.1, 0.15) is 64.6 Å². The van der Waals surface area contributed by atoms with Gasteiger partial charge < -0.3 is 10.0 Å². The third-order valence-electron chi connectivity index (χ3n) is 5.43. The first-order valence-electron chi connectivity index (χ1n) is 10.1. The number of nitrogens with zero attached hydrogens (tertiary/aromatic N) is 10. The molecule has 1 N–H and O–H groups in total. The van der Waals surface area contributed by atoms with Crippen LogP contribution in [0.2, 0.25) is 0 Å². The van der Waals surface area contributed by atoms with Gasteiger partial charge in [0.05, 0.1) is 11.6 Å². The molecule has 1 aliphatic carbocycles. The predicted molar refractivity (Wildman–Crippen MR) is 104 cm³/mol. The Balaban J connectivity index is 1.56. The van der Waals surface area contributed by atoms with Gasteiger partial charge in [-0.2, -0.15) is 4.80 Å². The topological polar surface area (TPSA) is 124 Å². The first-order valence-corrected chi connectivity index (χ1v) is 10.1. The molecule has 29 heavy (non-hydrogen) atoms. The number of hydrogen-bond donors (Lipinski definition) is 1. The van der Waals surface area contributed by atoms with Gasteiger partial charge in [0, 0.05) is 18.5 Å². The summed E-state index contributed by atoms with van der Waals surface area (Å²) in [5, 5.41) is 31.8. The molecule has 154 valence electrons. The zero-order valence-electron chi connectivity index (χ0n) is 17.2. The number of anilines is 1. The molecule has 1 atom stereocenters. The molecule has 3 aromatic rings. The molecule has 2 aliphatic rings. The fraction of sp³-hybridized carbons (Fsp3) is 0.722. The fourth-order valence-corrected chi connectivity index (χ4v) is 3.64. The van der Waals surface area contributed by atoms with Gasteiger partial charge in [0.1, 0.15) is 12.4 Å². The Kier molecular flexibility index (Phi) is 3.89. The van der Waals surface area contributed by atoms with Crippen molar-refractivity contribution >= 4 is 17.0 Å². The number of tetrazole rings is 1. The van der Waals surface area contributed by atoms with Gasteiger partial charge in [0.15, 0.2) is 17.2 Å². The molecule has 0 radical (unpaired) electrons. The van der Waals surface area contributed by atoms with Gasteiger partial charge in [-0.05, 0) is 36.6 Å².